The molecule has 0 saturated heterocycles. The van der Waals surface area contributed by atoms with Gasteiger partial charge in [0.1, 0.15) is 33.1 Å². The van der Waals surface area contributed by atoms with E-state index in [-0.39, 0.29) is 11.4 Å². The van der Waals surface area contributed by atoms with Crippen LogP contribution in [0, 0.1) is 0 Å². The quantitative estimate of drug-likeness (QED) is 0.0827. The highest BCUT2D eigenvalue weighted by atomic mass is 19.4. The van der Waals surface area contributed by atoms with Gasteiger partial charge in [-0.1, -0.05) is 224 Å². The average molecular weight is 1880 g/mol. The number of nitrogens with zero attached hydrogens (tertiary/aromatic N) is 19. The van der Waals surface area contributed by atoms with Gasteiger partial charge in [-0.25, -0.2) is 19.9 Å². The van der Waals surface area contributed by atoms with E-state index in [1.54, 1.807) is 77.2 Å². The Hall–Kier alpha value is -19.9. The second-order valence-electron chi connectivity index (χ2n) is 34.7. The number of halogens is 3. The van der Waals surface area contributed by atoms with Crippen molar-refractivity contribution in [3.8, 4) is 174 Å². The number of benzene rings is 13. The van der Waals surface area contributed by atoms with Crippen LogP contribution >= 0.6 is 0 Å². The summed E-state index contributed by atoms with van der Waals surface area (Å²) in [5.74, 6) is 0. The van der Waals surface area contributed by atoms with Crippen LogP contribution in [0.5, 0.6) is 0 Å². The molecule has 0 saturated carbocycles. The molecule has 145 heavy (non-hydrogen) atoms. The van der Waals surface area contributed by atoms with Gasteiger partial charge < -0.3 is 0 Å². The third-order valence-electron chi connectivity index (χ3n) is 25.6. The molecule has 13 heterocycles. The summed E-state index contributed by atoms with van der Waals surface area (Å²) < 4.78 is 42.7. The summed E-state index contributed by atoms with van der Waals surface area (Å²) in [5.41, 5.74) is 29.2. The van der Waals surface area contributed by atoms with Crippen LogP contribution in [0.1, 0.15) is 5.56 Å². The molecule has 0 spiro atoms. The lowest BCUT2D eigenvalue weighted by atomic mass is 9.94. The highest BCUT2D eigenvalue weighted by Crippen LogP contribution is 2.44. The molecule has 19 nitrogen and oxygen atoms in total. The number of fused-ring (bicyclic) bond motifs is 6. The molecule has 0 atom stereocenters. The molecule has 26 aromatic rings. The Morgan fingerprint density at radius 3 is 1.01 bits per heavy atom. The topological polar surface area (TPSA) is 221 Å². The van der Waals surface area contributed by atoms with Crippen molar-refractivity contribution in [2.24, 2.45) is 0 Å². The van der Waals surface area contributed by atoms with E-state index in [9.17, 15) is 13.2 Å². The minimum atomic E-state index is -4.60. The van der Waals surface area contributed by atoms with Gasteiger partial charge in [0.05, 0.1) is 79.6 Å². The zero-order chi connectivity index (χ0) is 97.1. The molecule has 13 aromatic carbocycles. The first-order chi connectivity index (χ1) is 71.4. The summed E-state index contributed by atoms with van der Waals surface area (Å²) in [6.07, 6.45) is 12.8. The third kappa shape index (κ3) is 18.1. The van der Waals surface area contributed by atoms with Gasteiger partial charge in [-0.15, -0.1) is 30.6 Å². The fraction of sp³-hybridized carbons (Fsp3) is 0.00813. The van der Waals surface area contributed by atoms with E-state index in [2.05, 4.69) is 253 Å². The predicted octanol–water partition coefficient (Wildman–Crippen LogP) is 29.0. The SMILES string of the molecule is FC(F)(F)c1cc(-c2cccnc2)nc(-c2ccc(-c3cccc(-c4cccnc4)n3)c3nn(-c4ccc5ccccc5c4)nc23)c1.c1ccc(-c2cccc(-c3ccc(-c4cccc(-c5ccccn5)n4)c4nn(-c5ccc(-c6cccc7ccccc67)cc5)nc34)n2)nc1.c1cncc(-c2cccc(-c3ccc(-c4cccc(-c5cccnc5)c4)c4nn(-c5ccc(-c6ccc7ccccc7c6)cc5)nc34)c2)c1. The number of aromatic nitrogens is 19. The Balaban J connectivity index is 0.000000117. The zero-order valence-corrected chi connectivity index (χ0v) is 77.2. The predicted molar refractivity (Wildman–Crippen MR) is 568 cm³/mol. The fourth-order valence-electron chi connectivity index (χ4n) is 18.4. The summed E-state index contributed by atoms with van der Waals surface area (Å²) in [4.78, 5) is 50.6. The molecule has 13 aromatic heterocycles. The monoisotopic (exact) mass is 1880 g/mol. The van der Waals surface area contributed by atoms with Crippen molar-refractivity contribution in [1.29, 1.82) is 0 Å². The second-order valence-corrected chi connectivity index (χ2v) is 34.7. The van der Waals surface area contributed by atoms with Crippen molar-refractivity contribution >= 4 is 65.4 Å². The molecule has 0 radical (unpaired) electrons. The minimum Gasteiger partial charge on any atom is -0.264 e. The fourth-order valence-corrected chi connectivity index (χ4v) is 18.4. The Morgan fingerprint density at radius 1 is 0.179 bits per heavy atom. The maximum Gasteiger partial charge on any atom is 0.416 e. The van der Waals surface area contributed by atoms with E-state index < -0.39 is 11.7 Å². The normalized spacial score (nSPS) is 11.4. The zero-order valence-electron chi connectivity index (χ0n) is 77.2. The van der Waals surface area contributed by atoms with Gasteiger partial charge in [0.25, 0.3) is 0 Å². The van der Waals surface area contributed by atoms with E-state index in [1.165, 1.54) is 43.7 Å². The third-order valence-corrected chi connectivity index (χ3v) is 25.6. The van der Waals surface area contributed by atoms with Gasteiger partial charge in [-0.05, 0) is 265 Å². The van der Waals surface area contributed by atoms with E-state index in [0.29, 0.717) is 39.1 Å². The van der Waals surface area contributed by atoms with Gasteiger partial charge >= 0.3 is 6.18 Å². The summed E-state index contributed by atoms with van der Waals surface area (Å²) in [6.45, 7) is 0. The molecule has 0 fully saturated rings. The Morgan fingerprint density at radius 2 is 0.517 bits per heavy atom. The van der Waals surface area contributed by atoms with Crippen LogP contribution in [0.15, 0.2) is 474 Å². The molecule has 686 valence electrons. The van der Waals surface area contributed by atoms with Crippen LogP contribution in [0.25, 0.3) is 240 Å². The van der Waals surface area contributed by atoms with Crippen molar-refractivity contribution in [3.05, 3.63) is 480 Å². The van der Waals surface area contributed by atoms with E-state index in [1.807, 2.05) is 170 Å². The summed E-state index contributed by atoms with van der Waals surface area (Å²) in [6, 6.07) is 136. The van der Waals surface area contributed by atoms with Crippen molar-refractivity contribution in [1.82, 2.24) is 94.8 Å². The van der Waals surface area contributed by atoms with Gasteiger partial charge in [-0.2, -0.15) is 27.6 Å². The Bertz CT molecular complexity index is 9050. The van der Waals surface area contributed by atoms with Crippen LogP contribution in [0.3, 0.4) is 0 Å². The van der Waals surface area contributed by atoms with Crippen LogP contribution in [0.2, 0.25) is 0 Å². The minimum absolute atomic E-state index is 0.109. The molecule has 0 aliphatic heterocycles. The van der Waals surface area contributed by atoms with E-state index in [0.717, 1.165) is 169 Å². The maximum atomic E-state index is 14.2. The maximum absolute atomic E-state index is 14.2. The van der Waals surface area contributed by atoms with Crippen LogP contribution in [0.4, 0.5) is 13.2 Å². The van der Waals surface area contributed by atoms with Crippen molar-refractivity contribution in [3.63, 3.8) is 0 Å². The lowest BCUT2D eigenvalue weighted by molar-refractivity contribution is -0.137. The summed E-state index contributed by atoms with van der Waals surface area (Å²) in [7, 11) is 0. The molecule has 22 heteroatoms. The van der Waals surface area contributed by atoms with Crippen LogP contribution in [-0.4, -0.2) is 94.8 Å². The first kappa shape index (κ1) is 87.9. The molecular weight excluding hydrogens is 1800 g/mol. The van der Waals surface area contributed by atoms with Crippen LogP contribution in [-0.2, 0) is 6.18 Å². The lowest BCUT2D eigenvalue weighted by Gasteiger charge is -2.13. The molecule has 26 rings (SSSR count). The largest absolute Gasteiger partial charge is 0.416 e. The molecule has 0 amide bonds. The molecule has 0 unspecified atom stereocenters. The van der Waals surface area contributed by atoms with Crippen LogP contribution < -0.4 is 0 Å². The van der Waals surface area contributed by atoms with Gasteiger partial charge in [-0.3, -0.25) is 29.9 Å². The van der Waals surface area contributed by atoms with Crippen molar-refractivity contribution in [2.45, 2.75) is 6.18 Å². The Labute approximate surface area is 828 Å². The molecule has 0 N–H and O–H groups in total. The molecule has 0 bridgehead atoms. The standard InChI is InChI=1S/C44H29N5.C42H27N7.C37H22F3N7/c1-2-8-32-25-35(16-15-30(32)7-1)31-17-19-40(20-18-31)49-47-43-41(36-11-3-9-33(26-36)38-13-5-23-45-28-38)21-22-42(44(43)48-49)37-12-4-10-34(27-37)39-14-6-24-46-29-39;1-2-12-31-28(10-1)11-7-13-32(31)29-20-22-30(23-21-29)49-47-41-33(35-16-8-18-39(45-35)37-14-3-5-26-43-37)24-25-34(42(41)48-49)36-17-9-19-40(46-36)38-15-4-6-27-44-38;38-37(39,40)27-19-33(26-9-5-17-42-22-26)44-34(20-27)30-15-14-29(32-11-3-10-31(43-32)25-8-4-16-41-21-25)35-36(30)46-47(45-35)28-13-12-23-6-1-2-7-24(23)18-28/h1-29H;1-27H;1-22H. The first-order valence-corrected chi connectivity index (χ1v) is 47.0. The number of pyridine rings is 10. The highest BCUT2D eigenvalue weighted by molar-refractivity contribution is 6.04. The summed E-state index contributed by atoms with van der Waals surface area (Å²) >= 11 is 0. The number of alkyl halides is 3. The van der Waals surface area contributed by atoms with Gasteiger partial charge in [0.2, 0.25) is 0 Å². The van der Waals surface area contributed by atoms with Gasteiger partial charge in [0.15, 0.2) is 0 Å². The molecular formula is C123H78F3N19. The van der Waals surface area contributed by atoms with E-state index in [4.69, 9.17) is 45.5 Å². The number of hydrogen-bond acceptors (Lipinski definition) is 16. The van der Waals surface area contributed by atoms with Crippen molar-refractivity contribution < 1.29 is 13.2 Å². The number of rotatable bonds is 17. The first-order valence-electron chi connectivity index (χ1n) is 47.0. The number of hydrogen-bond donors (Lipinski definition) is 0. The smallest absolute Gasteiger partial charge is 0.264 e. The highest BCUT2D eigenvalue weighted by Gasteiger charge is 2.33. The molecule has 0 aliphatic carbocycles. The van der Waals surface area contributed by atoms with Crippen molar-refractivity contribution in [2.75, 3.05) is 0 Å². The van der Waals surface area contributed by atoms with E-state index >= 15 is 0 Å². The lowest BCUT2D eigenvalue weighted by Crippen LogP contribution is -2.07. The Kier molecular flexibility index (Phi) is 23.3. The molecule has 0 aliphatic rings. The van der Waals surface area contributed by atoms with Gasteiger partial charge in [0, 0.05) is 118 Å². The summed E-state index contributed by atoms with van der Waals surface area (Å²) in [5, 5.41) is 37.2. The average Bonchev–Trinajstić information content (AvgIpc) is 1.58. The second kappa shape index (κ2) is 38.5.